The number of rotatable bonds is 2. The van der Waals surface area contributed by atoms with Crippen molar-refractivity contribution in [3.8, 4) is 28.7 Å². The number of nitrogens with zero attached hydrogens (tertiary/aromatic N) is 2. The van der Waals surface area contributed by atoms with Crippen LogP contribution in [0.5, 0.6) is 23.0 Å². The molecule has 0 bridgehead atoms. The molecule has 0 saturated heterocycles. The van der Waals surface area contributed by atoms with Crippen LogP contribution in [0.1, 0.15) is 25.0 Å². The van der Waals surface area contributed by atoms with Gasteiger partial charge in [0, 0.05) is 39.5 Å². The molecule has 4 nitrogen and oxygen atoms in total. The first-order valence-electron chi connectivity index (χ1n) is 17.3. The van der Waals surface area contributed by atoms with Gasteiger partial charge in [-0.1, -0.05) is 111 Å². The highest BCUT2D eigenvalue weighted by molar-refractivity contribution is 6.98. The van der Waals surface area contributed by atoms with Crippen LogP contribution in [0.4, 0.5) is 17.1 Å². The van der Waals surface area contributed by atoms with Gasteiger partial charge in [0.15, 0.2) is 0 Å². The van der Waals surface area contributed by atoms with E-state index < -0.39 is 0 Å². The van der Waals surface area contributed by atoms with E-state index in [1.54, 1.807) is 0 Å². The first kappa shape index (κ1) is 27.7. The third kappa shape index (κ3) is 3.61. The summed E-state index contributed by atoms with van der Waals surface area (Å²) >= 11 is 0. The van der Waals surface area contributed by atoms with Crippen LogP contribution in [0.2, 0.25) is 0 Å². The smallest absolute Gasteiger partial charge is 0.260 e. The zero-order valence-corrected chi connectivity index (χ0v) is 27.7. The number of benzene rings is 7. The number of hydrogen-bond acceptors (Lipinski definition) is 3. The van der Waals surface area contributed by atoms with Crippen molar-refractivity contribution in [2.24, 2.45) is 0 Å². The number of aromatic nitrogens is 1. The zero-order valence-electron chi connectivity index (χ0n) is 27.7. The molecule has 7 aromatic carbocycles. The van der Waals surface area contributed by atoms with Crippen molar-refractivity contribution in [2.45, 2.75) is 19.3 Å². The molecule has 0 unspecified atom stereocenters. The van der Waals surface area contributed by atoms with Gasteiger partial charge >= 0.3 is 0 Å². The molecule has 4 heterocycles. The van der Waals surface area contributed by atoms with Crippen molar-refractivity contribution < 1.29 is 9.47 Å². The van der Waals surface area contributed by atoms with E-state index in [-0.39, 0.29) is 12.1 Å². The summed E-state index contributed by atoms with van der Waals surface area (Å²) in [5.74, 6) is 3.44. The second kappa shape index (κ2) is 9.93. The van der Waals surface area contributed by atoms with Crippen LogP contribution in [-0.4, -0.2) is 11.3 Å². The maximum absolute atomic E-state index is 6.80. The molecule has 0 N–H and O–H groups in total. The molecule has 50 heavy (non-hydrogen) atoms. The lowest BCUT2D eigenvalue weighted by Crippen LogP contribution is -2.57. The lowest BCUT2D eigenvalue weighted by Gasteiger charge is -2.43. The lowest BCUT2D eigenvalue weighted by molar-refractivity contribution is 0.465. The first-order valence-corrected chi connectivity index (χ1v) is 17.3. The standard InChI is InChI=1S/C45H31BN2O2/c1-45(2)31-17-7-11-21-36(31)48(44-32(45)24-25-37-42(44)30-16-6-10-20-35(30)47(37)28-14-4-3-5-15-28)29-26-40-43-41(27-29)50-39-23-13-9-19-34(39)46(43)33-18-8-12-22-38(33)49-40/h3-27H,1-2H3. The molecule has 0 radical (unpaired) electrons. The maximum atomic E-state index is 6.80. The minimum absolute atomic E-state index is 0.0272. The Morgan fingerprint density at radius 1 is 0.520 bits per heavy atom. The van der Waals surface area contributed by atoms with Gasteiger partial charge in [-0.3, -0.25) is 0 Å². The maximum Gasteiger partial charge on any atom is 0.260 e. The molecule has 0 fully saturated rings. The highest BCUT2D eigenvalue weighted by Gasteiger charge is 2.43. The van der Waals surface area contributed by atoms with Gasteiger partial charge in [-0.05, 0) is 64.5 Å². The predicted molar refractivity (Wildman–Crippen MR) is 205 cm³/mol. The van der Waals surface area contributed by atoms with Crippen LogP contribution >= 0.6 is 0 Å². The highest BCUT2D eigenvalue weighted by atomic mass is 16.5. The number of anilines is 3. The van der Waals surface area contributed by atoms with Crippen molar-refractivity contribution >= 4 is 62.0 Å². The first-order chi connectivity index (χ1) is 24.6. The molecule has 236 valence electrons. The molecule has 0 amide bonds. The monoisotopic (exact) mass is 642 g/mol. The molecular formula is C45H31BN2O2. The number of ether oxygens (including phenoxy) is 2. The van der Waals surface area contributed by atoms with Gasteiger partial charge in [0.1, 0.15) is 23.0 Å². The van der Waals surface area contributed by atoms with Crippen LogP contribution in [0.3, 0.4) is 0 Å². The number of fused-ring (bicyclic) bond motifs is 10. The Bertz CT molecular complexity index is 2640. The predicted octanol–water partition coefficient (Wildman–Crippen LogP) is 9.62. The molecule has 0 atom stereocenters. The summed E-state index contributed by atoms with van der Waals surface area (Å²) in [5, 5.41) is 2.45. The van der Waals surface area contributed by atoms with Gasteiger partial charge in [0.25, 0.3) is 6.71 Å². The van der Waals surface area contributed by atoms with Gasteiger partial charge in [-0.2, -0.15) is 0 Å². The van der Waals surface area contributed by atoms with Crippen molar-refractivity contribution in [3.63, 3.8) is 0 Å². The average Bonchev–Trinajstić information content (AvgIpc) is 3.50. The summed E-state index contributed by atoms with van der Waals surface area (Å²) in [6.07, 6.45) is 0. The summed E-state index contributed by atoms with van der Waals surface area (Å²) in [6.45, 7) is 4.73. The Balaban J connectivity index is 1.24. The van der Waals surface area contributed by atoms with E-state index in [1.807, 2.05) is 0 Å². The molecule has 11 rings (SSSR count). The molecule has 0 spiro atoms. The van der Waals surface area contributed by atoms with E-state index in [0.29, 0.717) is 0 Å². The third-order valence-electron chi connectivity index (χ3n) is 11.1. The molecule has 0 aliphatic carbocycles. The van der Waals surface area contributed by atoms with Gasteiger partial charge in [-0.15, -0.1) is 0 Å². The highest BCUT2D eigenvalue weighted by Crippen LogP contribution is 2.56. The van der Waals surface area contributed by atoms with E-state index in [9.17, 15) is 0 Å². The Morgan fingerprint density at radius 3 is 1.88 bits per heavy atom. The fourth-order valence-electron chi connectivity index (χ4n) is 8.87. The normalized spacial score (nSPS) is 14.6. The van der Waals surface area contributed by atoms with Crippen LogP contribution in [0.15, 0.2) is 152 Å². The fourth-order valence-corrected chi connectivity index (χ4v) is 8.87. The Kier molecular flexibility index (Phi) is 5.50. The van der Waals surface area contributed by atoms with Gasteiger partial charge < -0.3 is 18.9 Å². The SMILES string of the molecule is CC1(C)c2ccccc2N(c2cc3c4c(c2)Oc2ccccc2B4c2ccccc2O3)c2c1ccc1c2c2ccccc2n1-c1ccccc1. The number of para-hydroxylation sites is 5. The molecular weight excluding hydrogens is 611 g/mol. The summed E-state index contributed by atoms with van der Waals surface area (Å²) < 4.78 is 16.0. The lowest BCUT2D eigenvalue weighted by atomic mass is 9.35. The molecule has 3 aliphatic heterocycles. The van der Waals surface area contributed by atoms with Crippen LogP contribution in [0, 0.1) is 0 Å². The van der Waals surface area contributed by atoms with Gasteiger partial charge in [-0.25, -0.2) is 0 Å². The summed E-state index contributed by atoms with van der Waals surface area (Å²) in [5.41, 5.74) is 12.6. The average molecular weight is 643 g/mol. The summed E-state index contributed by atoms with van der Waals surface area (Å²) in [7, 11) is 0. The van der Waals surface area contributed by atoms with E-state index >= 15 is 0 Å². The number of hydrogen-bond donors (Lipinski definition) is 0. The van der Waals surface area contributed by atoms with Crippen molar-refractivity contribution in [1.82, 2.24) is 4.57 Å². The second-order valence-corrected chi connectivity index (χ2v) is 14.1. The van der Waals surface area contributed by atoms with Crippen LogP contribution in [0.25, 0.3) is 27.5 Å². The van der Waals surface area contributed by atoms with Crippen LogP contribution < -0.4 is 30.8 Å². The molecule has 8 aromatic rings. The zero-order chi connectivity index (χ0) is 33.1. The van der Waals surface area contributed by atoms with Crippen LogP contribution in [-0.2, 0) is 5.41 Å². The Hall–Kier alpha value is -6.20. The fraction of sp³-hybridized carbons (Fsp3) is 0.0667. The quantitative estimate of drug-likeness (QED) is 0.176. The molecule has 3 aliphatic rings. The Labute approximate surface area is 290 Å². The topological polar surface area (TPSA) is 26.6 Å². The second-order valence-electron chi connectivity index (χ2n) is 14.1. The minimum atomic E-state index is -0.245. The van der Waals surface area contributed by atoms with Crippen molar-refractivity contribution in [2.75, 3.05) is 4.90 Å². The van der Waals surface area contributed by atoms with Gasteiger partial charge in [0.05, 0.1) is 28.1 Å². The third-order valence-corrected chi connectivity index (χ3v) is 11.1. The largest absolute Gasteiger partial charge is 0.458 e. The van der Waals surface area contributed by atoms with E-state index in [1.165, 1.54) is 38.6 Å². The van der Waals surface area contributed by atoms with Crippen molar-refractivity contribution in [1.29, 1.82) is 0 Å². The van der Waals surface area contributed by atoms with Crippen molar-refractivity contribution in [3.05, 3.63) is 163 Å². The summed E-state index contributed by atoms with van der Waals surface area (Å²) in [4.78, 5) is 2.46. The minimum Gasteiger partial charge on any atom is -0.458 e. The molecule has 5 heteroatoms. The summed E-state index contributed by atoms with van der Waals surface area (Å²) in [6, 6.07) is 54.3. The van der Waals surface area contributed by atoms with E-state index in [0.717, 1.165) is 56.4 Å². The van der Waals surface area contributed by atoms with E-state index in [4.69, 9.17) is 9.47 Å². The van der Waals surface area contributed by atoms with E-state index in [2.05, 4.69) is 175 Å². The Morgan fingerprint density at radius 2 is 1.14 bits per heavy atom. The molecule has 1 aromatic heterocycles. The van der Waals surface area contributed by atoms with Gasteiger partial charge in [0.2, 0.25) is 0 Å². The molecule has 0 saturated carbocycles.